The van der Waals surface area contributed by atoms with Gasteiger partial charge in [-0.3, -0.25) is 0 Å². The summed E-state index contributed by atoms with van der Waals surface area (Å²) in [5.74, 6) is 0.621. The third-order valence-corrected chi connectivity index (χ3v) is 3.55. The van der Waals surface area contributed by atoms with E-state index < -0.39 is 7.18 Å². The molecule has 66 valence electrons. The molecule has 2 nitrogen and oxygen atoms in total. The van der Waals surface area contributed by atoms with Gasteiger partial charge in [0, 0.05) is 7.11 Å². The molecule has 0 aliphatic rings. The molecule has 0 unspecified atom stereocenters. The summed E-state index contributed by atoms with van der Waals surface area (Å²) in [5.41, 5.74) is 0. The second-order valence-corrected chi connectivity index (χ2v) is 7.19. The van der Waals surface area contributed by atoms with E-state index in [1.54, 1.807) is 12.1 Å². The highest BCUT2D eigenvalue weighted by atomic mass is 35.7. The van der Waals surface area contributed by atoms with Crippen molar-refractivity contribution in [2.24, 2.45) is 0 Å². The first-order valence-corrected chi connectivity index (χ1v) is 7.15. The van der Waals surface area contributed by atoms with Gasteiger partial charge in [-0.15, -0.1) is 0 Å². The first kappa shape index (κ1) is 9.86. The number of rotatable bonds is 3. The molecule has 0 saturated heterocycles. The molecule has 0 atom stereocenters. The van der Waals surface area contributed by atoms with Gasteiger partial charge in [-0.25, -0.2) is 0 Å². The molecular formula is C7H8Cl2O2Si. The van der Waals surface area contributed by atoms with E-state index >= 15 is 0 Å². The minimum atomic E-state index is -2.97. The van der Waals surface area contributed by atoms with Crippen molar-refractivity contribution >= 4 is 29.3 Å². The molecule has 0 aliphatic carbocycles. The zero-order valence-electron chi connectivity index (χ0n) is 6.46. The smallest absolute Gasteiger partial charge is 0.499 e. The minimum Gasteiger partial charge on any atom is -0.499 e. The zero-order chi connectivity index (χ0) is 9.03. The van der Waals surface area contributed by atoms with Gasteiger partial charge in [0.15, 0.2) is 0 Å². The highest BCUT2D eigenvalue weighted by molar-refractivity contribution is 7.39. The molecule has 1 rings (SSSR count). The minimum absolute atomic E-state index is 0.621. The number of halogens is 2. The van der Waals surface area contributed by atoms with Crippen LogP contribution < -0.4 is 4.43 Å². The van der Waals surface area contributed by atoms with Crippen LogP contribution in [-0.2, 0) is 4.43 Å². The van der Waals surface area contributed by atoms with E-state index in [-0.39, 0.29) is 0 Å². The van der Waals surface area contributed by atoms with Crippen LogP contribution in [0.5, 0.6) is 5.75 Å². The fraction of sp³-hybridized carbons (Fsp3) is 0.143. The molecule has 12 heavy (non-hydrogen) atoms. The number of benzene rings is 1. The highest BCUT2D eigenvalue weighted by Gasteiger charge is 2.34. The lowest BCUT2D eigenvalue weighted by Crippen LogP contribution is -2.31. The second kappa shape index (κ2) is 4.14. The summed E-state index contributed by atoms with van der Waals surface area (Å²) in [6.45, 7) is 0. The molecule has 1 aromatic carbocycles. The fourth-order valence-electron chi connectivity index (χ4n) is 0.667. The van der Waals surface area contributed by atoms with Crippen LogP contribution in [0, 0.1) is 0 Å². The first-order chi connectivity index (χ1) is 5.64. The largest absolute Gasteiger partial charge is 0.615 e. The number of para-hydroxylation sites is 1. The number of hydrogen-bond donors (Lipinski definition) is 0. The topological polar surface area (TPSA) is 18.5 Å². The monoisotopic (exact) mass is 222 g/mol. The highest BCUT2D eigenvalue weighted by Crippen LogP contribution is 2.21. The molecule has 0 spiro atoms. The SMILES string of the molecule is CO[Si](Cl)(Cl)Oc1ccccc1. The molecule has 0 amide bonds. The van der Waals surface area contributed by atoms with E-state index in [1.165, 1.54) is 7.11 Å². The van der Waals surface area contributed by atoms with Crippen LogP contribution >= 0.6 is 22.2 Å². The summed E-state index contributed by atoms with van der Waals surface area (Å²) in [6.07, 6.45) is 0. The van der Waals surface area contributed by atoms with E-state index in [1.807, 2.05) is 18.2 Å². The summed E-state index contributed by atoms with van der Waals surface area (Å²) in [4.78, 5) is 0. The molecule has 0 N–H and O–H groups in total. The Morgan fingerprint density at radius 2 is 1.75 bits per heavy atom. The molecule has 0 aliphatic heterocycles. The van der Waals surface area contributed by atoms with Crippen LogP contribution in [0.4, 0.5) is 0 Å². The molecule has 0 bridgehead atoms. The van der Waals surface area contributed by atoms with Gasteiger partial charge in [0.1, 0.15) is 5.75 Å². The van der Waals surface area contributed by atoms with E-state index in [2.05, 4.69) is 0 Å². The van der Waals surface area contributed by atoms with Crippen molar-refractivity contribution in [2.45, 2.75) is 0 Å². The summed E-state index contributed by atoms with van der Waals surface area (Å²) in [5, 5.41) is 0. The lowest BCUT2D eigenvalue weighted by molar-refractivity contribution is 0.345. The van der Waals surface area contributed by atoms with E-state index in [0.29, 0.717) is 5.75 Å². The van der Waals surface area contributed by atoms with Gasteiger partial charge < -0.3 is 8.85 Å². The predicted octanol–water partition coefficient (Wildman–Crippen LogP) is 2.63. The Kier molecular flexibility index (Phi) is 3.40. The van der Waals surface area contributed by atoms with Crippen molar-refractivity contribution in [2.75, 3.05) is 7.11 Å². The van der Waals surface area contributed by atoms with Crippen LogP contribution in [0.1, 0.15) is 0 Å². The summed E-state index contributed by atoms with van der Waals surface area (Å²) in [6, 6.07) is 9.09. The van der Waals surface area contributed by atoms with Gasteiger partial charge in [-0.2, -0.15) is 0 Å². The maximum Gasteiger partial charge on any atom is 0.615 e. The normalized spacial score (nSPS) is 11.2. The van der Waals surface area contributed by atoms with Crippen molar-refractivity contribution in [1.29, 1.82) is 0 Å². The van der Waals surface area contributed by atoms with E-state index in [9.17, 15) is 0 Å². The molecule has 1 aromatic rings. The third-order valence-electron chi connectivity index (χ3n) is 1.22. The quantitative estimate of drug-likeness (QED) is 0.579. The van der Waals surface area contributed by atoms with Crippen LogP contribution in [0.15, 0.2) is 30.3 Å². The van der Waals surface area contributed by atoms with Crippen LogP contribution in [0.3, 0.4) is 0 Å². The molecule has 0 fully saturated rings. The van der Waals surface area contributed by atoms with Crippen molar-refractivity contribution in [3.63, 3.8) is 0 Å². The molecule has 0 saturated carbocycles. The summed E-state index contributed by atoms with van der Waals surface area (Å²) in [7, 11) is -1.55. The molecule has 0 radical (unpaired) electrons. The van der Waals surface area contributed by atoms with Gasteiger partial charge in [-0.05, 0) is 12.1 Å². The third kappa shape index (κ3) is 3.03. The Labute approximate surface area is 81.7 Å². The second-order valence-electron chi connectivity index (χ2n) is 2.08. The maximum absolute atomic E-state index is 5.72. The fourth-order valence-corrected chi connectivity index (χ4v) is 1.70. The lowest BCUT2D eigenvalue weighted by atomic mass is 10.3. The van der Waals surface area contributed by atoms with Crippen molar-refractivity contribution in [3.8, 4) is 5.75 Å². The first-order valence-electron chi connectivity index (χ1n) is 3.31. The van der Waals surface area contributed by atoms with Gasteiger partial charge in [-0.1, -0.05) is 40.4 Å². The van der Waals surface area contributed by atoms with Crippen LogP contribution in [0.25, 0.3) is 0 Å². The predicted molar refractivity (Wildman–Crippen MR) is 51.5 cm³/mol. The maximum atomic E-state index is 5.72. The number of hydrogen-bond acceptors (Lipinski definition) is 2. The van der Waals surface area contributed by atoms with E-state index in [0.717, 1.165) is 0 Å². The lowest BCUT2D eigenvalue weighted by Gasteiger charge is -2.15. The Morgan fingerprint density at radius 1 is 1.17 bits per heavy atom. The van der Waals surface area contributed by atoms with Crippen molar-refractivity contribution < 1.29 is 8.85 Å². The Morgan fingerprint density at radius 3 is 2.25 bits per heavy atom. The van der Waals surface area contributed by atoms with Crippen molar-refractivity contribution in [1.82, 2.24) is 0 Å². The standard InChI is InChI=1S/C7H8Cl2O2Si/c1-10-12(8,9)11-7-5-3-2-4-6-7/h2-6H,1H3. The van der Waals surface area contributed by atoms with Crippen molar-refractivity contribution in [3.05, 3.63) is 30.3 Å². The Hall–Kier alpha value is -0.223. The Bertz CT molecular complexity index is 240. The summed E-state index contributed by atoms with van der Waals surface area (Å²) < 4.78 is 9.99. The average molecular weight is 223 g/mol. The van der Waals surface area contributed by atoms with Gasteiger partial charge in [0.25, 0.3) is 0 Å². The molecule has 0 heterocycles. The van der Waals surface area contributed by atoms with Gasteiger partial charge in [0.2, 0.25) is 0 Å². The summed E-state index contributed by atoms with van der Waals surface area (Å²) >= 11 is 11.4. The van der Waals surface area contributed by atoms with Gasteiger partial charge in [0.05, 0.1) is 0 Å². The zero-order valence-corrected chi connectivity index (χ0v) is 8.97. The van der Waals surface area contributed by atoms with Gasteiger partial charge >= 0.3 is 7.18 Å². The Balaban J connectivity index is 2.64. The van der Waals surface area contributed by atoms with E-state index in [4.69, 9.17) is 31.0 Å². The molecule has 5 heteroatoms. The molecule has 0 aromatic heterocycles. The average Bonchev–Trinajstić information content (AvgIpc) is 2.06. The van der Waals surface area contributed by atoms with Crippen LogP contribution in [-0.4, -0.2) is 14.3 Å². The molecular weight excluding hydrogens is 215 g/mol. The van der Waals surface area contributed by atoms with Crippen LogP contribution in [0.2, 0.25) is 0 Å².